The Hall–Kier alpha value is -1.13. The van der Waals surface area contributed by atoms with Crippen molar-refractivity contribution in [2.75, 3.05) is 13.6 Å². The second-order valence-corrected chi connectivity index (χ2v) is 4.92. The number of aryl methyl sites for hydroxylation is 1. The Morgan fingerprint density at radius 3 is 2.94 bits per heavy atom. The zero-order chi connectivity index (χ0) is 12.3. The SMILES string of the molecule is CNCCc1nn(-c2cccc(C)c2)cc1Br. The molecule has 0 amide bonds. The molecule has 4 heteroatoms. The van der Waals surface area contributed by atoms with Gasteiger partial charge < -0.3 is 5.32 Å². The van der Waals surface area contributed by atoms with Gasteiger partial charge >= 0.3 is 0 Å². The molecule has 0 atom stereocenters. The number of aromatic nitrogens is 2. The number of benzene rings is 1. The van der Waals surface area contributed by atoms with Crippen molar-refractivity contribution in [1.82, 2.24) is 15.1 Å². The summed E-state index contributed by atoms with van der Waals surface area (Å²) in [7, 11) is 1.95. The monoisotopic (exact) mass is 293 g/mol. The Labute approximate surface area is 110 Å². The van der Waals surface area contributed by atoms with Gasteiger partial charge in [-0.05, 0) is 47.6 Å². The molecule has 0 aliphatic heterocycles. The number of rotatable bonds is 4. The van der Waals surface area contributed by atoms with E-state index in [-0.39, 0.29) is 0 Å². The van der Waals surface area contributed by atoms with E-state index in [4.69, 9.17) is 0 Å². The van der Waals surface area contributed by atoms with Crippen molar-refractivity contribution in [3.63, 3.8) is 0 Å². The average Bonchev–Trinajstić information content (AvgIpc) is 2.68. The molecule has 2 rings (SSSR count). The van der Waals surface area contributed by atoms with E-state index in [2.05, 4.69) is 51.5 Å². The zero-order valence-corrected chi connectivity index (χ0v) is 11.7. The van der Waals surface area contributed by atoms with Crippen molar-refractivity contribution in [3.05, 3.63) is 46.2 Å². The molecule has 0 saturated heterocycles. The van der Waals surface area contributed by atoms with Gasteiger partial charge in [-0.15, -0.1) is 0 Å². The number of likely N-dealkylation sites (N-methyl/N-ethyl adjacent to an activating group) is 1. The van der Waals surface area contributed by atoms with Gasteiger partial charge in [0.1, 0.15) is 0 Å². The molecule has 1 N–H and O–H groups in total. The molecule has 17 heavy (non-hydrogen) atoms. The van der Waals surface area contributed by atoms with E-state index in [0.29, 0.717) is 0 Å². The summed E-state index contributed by atoms with van der Waals surface area (Å²) in [4.78, 5) is 0. The highest BCUT2D eigenvalue weighted by atomic mass is 79.9. The minimum atomic E-state index is 0.926. The van der Waals surface area contributed by atoms with Gasteiger partial charge in [0.05, 0.1) is 15.9 Å². The van der Waals surface area contributed by atoms with Crippen molar-refractivity contribution < 1.29 is 0 Å². The van der Waals surface area contributed by atoms with E-state index in [1.165, 1.54) is 5.56 Å². The van der Waals surface area contributed by atoms with E-state index in [9.17, 15) is 0 Å². The molecule has 1 heterocycles. The first-order chi connectivity index (χ1) is 8.20. The maximum Gasteiger partial charge on any atom is 0.0783 e. The minimum Gasteiger partial charge on any atom is -0.319 e. The highest BCUT2D eigenvalue weighted by molar-refractivity contribution is 9.10. The lowest BCUT2D eigenvalue weighted by atomic mass is 10.2. The number of hydrogen-bond donors (Lipinski definition) is 1. The predicted molar refractivity (Wildman–Crippen MR) is 73.6 cm³/mol. The molecule has 1 aromatic heterocycles. The van der Waals surface area contributed by atoms with E-state index >= 15 is 0 Å². The van der Waals surface area contributed by atoms with Gasteiger partial charge in [-0.25, -0.2) is 4.68 Å². The summed E-state index contributed by atoms with van der Waals surface area (Å²) in [6, 6.07) is 8.33. The van der Waals surface area contributed by atoms with Crippen LogP contribution in [0.2, 0.25) is 0 Å². The van der Waals surface area contributed by atoms with Gasteiger partial charge in [0.2, 0.25) is 0 Å². The molecule has 2 aromatic rings. The van der Waals surface area contributed by atoms with Crippen LogP contribution in [-0.2, 0) is 6.42 Å². The van der Waals surface area contributed by atoms with Crippen LogP contribution in [0.25, 0.3) is 5.69 Å². The smallest absolute Gasteiger partial charge is 0.0783 e. The second kappa shape index (κ2) is 5.47. The van der Waals surface area contributed by atoms with Crippen LogP contribution in [0.15, 0.2) is 34.9 Å². The van der Waals surface area contributed by atoms with Crippen LogP contribution < -0.4 is 5.32 Å². The molecule has 0 aliphatic rings. The van der Waals surface area contributed by atoms with Crippen molar-refractivity contribution in [3.8, 4) is 5.69 Å². The fraction of sp³-hybridized carbons (Fsp3) is 0.308. The summed E-state index contributed by atoms with van der Waals surface area (Å²) < 4.78 is 2.98. The van der Waals surface area contributed by atoms with Crippen LogP contribution in [0.1, 0.15) is 11.3 Å². The van der Waals surface area contributed by atoms with Gasteiger partial charge in [-0.3, -0.25) is 0 Å². The average molecular weight is 294 g/mol. The van der Waals surface area contributed by atoms with Crippen molar-refractivity contribution >= 4 is 15.9 Å². The lowest BCUT2D eigenvalue weighted by Gasteiger charge is -2.02. The molecule has 3 nitrogen and oxygen atoms in total. The van der Waals surface area contributed by atoms with Crippen LogP contribution in [0.3, 0.4) is 0 Å². The second-order valence-electron chi connectivity index (χ2n) is 4.06. The van der Waals surface area contributed by atoms with Crippen molar-refractivity contribution in [2.45, 2.75) is 13.3 Å². The summed E-state index contributed by atoms with van der Waals surface area (Å²) >= 11 is 3.55. The van der Waals surface area contributed by atoms with Gasteiger partial charge in [-0.2, -0.15) is 5.10 Å². The fourth-order valence-corrected chi connectivity index (χ4v) is 2.18. The largest absolute Gasteiger partial charge is 0.319 e. The Morgan fingerprint density at radius 1 is 1.41 bits per heavy atom. The molecule has 0 unspecified atom stereocenters. The highest BCUT2D eigenvalue weighted by Gasteiger charge is 2.07. The van der Waals surface area contributed by atoms with Crippen LogP contribution in [0.5, 0.6) is 0 Å². The third-order valence-corrected chi connectivity index (χ3v) is 3.28. The van der Waals surface area contributed by atoms with Gasteiger partial charge in [0.15, 0.2) is 0 Å². The molecule has 0 saturated carbocycles. The Morgan fingerprint density at radius 2 is 2.24 bits per heavy atom. The van der Waals surface area contributed by atoms with Gasteiger partial charge in [0.25, 0.3) is 0 Å². The predicted octanol–water partition coefficient (Wildman–Crippen LogP) is 2.71. The molecule has 1 aromatic carbocycles. The third kappa shape index (κ3) is 2.96. The Balaban J connectivity index is 2.28. The summed E-state index contributed by atoms with van der Waals surface area (Å²) in [5, 5.41) is 7.72. The topological polar surface area (TPSA) is 29.9 Å². The first-order valence-corrected chi connectivity index (χ1v) is 6.45. The van der Waals surface area contributed by atoms with E-state index in [1.807, 2.05) is 24.0 Å². The van der Waals surface area contributed by atoms with Crippen molar-refractivity contribution in [1.29, 1.82) is 0 Å². The van der Waals surface area contributed by atoms with E-state index < -0.39 is 0 Å². The lowest BCUT2D eigenvalue weighted by molar-refractivity contribution is 0.753. The van der Waals surface area contributed by atoms with Gasteiger partial charge in [0, 0.05) is 19.2 Å². The third-order valence-electron chi connectivity index (χ3n) is 2.62. The maximum atomic E-state index is 4.59. The number of halogens is 1. The van der Waals surface area contributed by atoms with Crippen LogP contribution >= 0.6 is 15.9 Å². The standard InChI is InChI=1S/C13H16BrN3/c1-10-4-3-5-11(8-10)17-9-12(14)13(16-17)6-7-15-2/h3-5,8-9,15H,6-7H2,1-2H3. The van der Waals surface area contributed by atoms with E-state index in [0.717, 1.165) is 28.8 Å². The molecule has 0 radical (unpaired) electrons. The summed E-state index contributed by atoms with van der Waals surface area (Å²) in [5.41, 5.74) is 3.42. The van der Waals surface area contributed by atoms with Crippen LogP contribution in [0, 0.1) is 6.92 Å². The van der Waals surface area contributed by atoms with Crippen LogP contribution in [-0.4, -0.2) is 23.4 Å². The number of nitrogens with one attached hydrogen (secondary N) is 1. The Kier molecular flexibility index (Phi) is 3.97. The molecule has 0 aliphatic carbocycles. The fourth-order valence-electron chi connectivity index (χ4n) is 1.70. The zero-order valence-electron chi connectivity index (χ0n) is 10.1. The minimum absolute atomic E-state index is 0.926. The molecule has 90 valence electrons. The maximum absolute atomic E-state index is 4.59. The summed E-state index contributed by atoms with van der Waals surface area (Å²) in [6.07, 6.45) is 2.94. The van der Waals surface area contributed by atoms with E-state index in [1.54, 1.807) is 0 Å². The quantitative estimate of drug-likeness (QED) is 0.939. The summed E-state index contributed by atoms with van der Waals surface area (Å²) in [6.45, 7) is 3.02. The number of hydrogen-bond acceptors (Lipinski definition) is 2. The number of nitrogens with zero attached hydrogens (tertiary/aromatic N) is 2. The molecule has 0 fully saturated rings. The molecular formula is C13H16BrN3. The molecule has 0 bridgehead atoms. The molecular weight excluding hydrogens is 278 g/mol. The van der Waals surface area contributed by atoms with Crippen molar-refractivity contribution in [2.24, 2.45) is 0 Å². The van der Waals surface area contributed by atoms with Crippen LogP contribution in [0.4, 0.5) is 0 Å². The first-order valence-electron chi connectivity index (χ1n) is 5.66. The normalized spacial score (nSPS) is 10.8. The molecule has 0 spiro atoms. The first kappa shape index (κ1) is 12.3. The Bertz CT molecular complexity index is 505. The highest BCUT2D eigenvalue weighted by Crippen LogP contribution is 2.18. The van der Waals surface area contributed by atoms with Gasteiger partial charge in [-0.1, -0.05) is 12.1 Å². The lowest BCUT2D eigenvalue weighted by Crippen LogP contribution is -2.11. The summed E-state index contributed by atoms with van der Waals surface area (Å²) in [5.74, 6) is 0.